The van der Waals surface area contributed by atoms with Crippen LogP contribution in [0.25, 0.3) is 0 Å². The highest BCUT2D eigenvalue weighted by Crippen LogP contribution is 2.23. The zero-order valence-corrected chi connectivity index (χ0v) is 13.1. The first-order chi connectivity index (χ1) is 9.83. The number of nitrogens with one attached hydrogen (secondary N) is 1. The van der Waals surface area contributed by atoms with Gasteiger partial charge >= 0.3 is 0 Å². The van der Waals surface area contributed by atoms with E-state index in [-0.39, 0.29) is 0 Å². The fraction of sp³-hybridized carbons (Fsp3) is 0.706. The SMILES string of the molecule is CCCNc1ccnc(CN2CCCCC2CCC)c1. The average Bonchev–Trinajstić information content (AvgIpc) is 2.48. The molecule has 2 rings (SSSR count). The lowest BCUT2D eigenvalue weighted by atomic mass is 9.98. The average molecular weight is 275 g/mol. The van der Waals surface area contributed by atoms with Crippen LogP contribution in [0, 0.1) is 0 Å². The molecule has 1 unspecified atom stereocenters. The van der Waals surface area contributed by atoms with E-state index in [4.69, 9.17) is 0 Å². The minimum atomic E-state index is 0.766. The lowest BCUT2D eigenvalue weighted by Gasteiger charge is -2.35. The summed E-state index contributed by atoms with van der Waals surface area (Å²) in [5.41, 5.74) is 2.41. The van der Waals surface area contributed by atoms with Gasteiger partial charge in [-0.15, -0.1) is 0 Å². The zero-order chi connectivity index (χ0) is 14.2. The first-order valence-corrected chi connectivity index (χ1v) is 8.26. The van der Waals surface area contributed by atoms with Gasteiger partial charge in [-0.05, 0) is 44.4 Å². The molecule has 0 spiro atoms. The predicted octanol–water partition coefficient (Wildman–Crippen LogP) is 4.06. The van der Waals surface area contributed by atoms with Crippen LogP contribution in [-0.2, 0) is 6.54 Å². The van der Waals surface area contributed by atoms with Crippen molar-refractivity contribution in [3.63, 3.8) is 0 Å². The monoisotopic (exact) mass is 275 g/mol. The molecule has 1 aliphatic heterocycles. The van der Waals surface area contributed by atoms with Gasteiger partial charge in [-0.25, -0.2) is 0 Å². The lowest BCUT2D eigenvalue weighted by molar-refractivity contribution is 0.130. The van der Waals surface area contributed by atoms with E-state index in [0.717, 1.165) is 25.6 Å². The Hall–Kier alpha value is -1.09. The van der Waals surface area contributed by atoms with Gasteiger partial charge in [0.2, 0.25) is 0 Å². The second kappa shape index (κ2) is 8.25. The molecule has 1 atom stereocenters. The number of hydrogen-bond acceptors (Lipinski definition) is 3. The summed E-state index contributed by atoms with van der Waals surface area (Å²) in [5.74, 6) is 0. The molecule has 0 aliphatic carbocycles. The second-order valence-corrected chi connectivity index (χ2v) is 5.87. The summed E-state index contributed by atoms with van der Waals surface area (Å²) in [6.45, 7) is 7.76. The molecule has 0 radical (unpaired) electrons. The molecule has 2 heterocycles. The van der Waals surface area contributed by atoms with Crippen LogP contribution in [0.5, 0.6) is 0 Å². The van der Waals surface area contributed by atoms with Crippen molar-refractivity contribution < 1.29 is 0 Å². The van der Waals surface area contributed by atoms with Crippen molar-refractivity contribution in [2.24, 2.45) is 0 Å². The van der Waals surface area contributed by atoms with Crippen LogP contribution in [0.4, 0.5) is 5.69 Å². The smallest absolute Gasteiger partial charge is 0.0564 e. The van der Waals surface area contributed by atoms with Crippen molar-refractivity contribution >= 4 is 5.69 Å². The molecular weight excluding hydrogens is 246 g/mol. The Balaban J connectivity index is 1.96. The summed E-state index contributed by atoms with van der Waals surface area (Å²) in [6.07, 6.45) is 9.80. The Morgan fingerprint density at radius 3 is 3.00 bits per heavy atom. The third-order valence-electron chi connectivity index (χ3n) is 4.13. The van der Waals surface area contributed by atoms with Crippen LogP contribution < -0.4 is 5.32 Å². The van der Waals surface area contributed by atoms with Crippen molar-refractivity contribution in [2.75, 3.05) is 18.4 Å². The third kappa shape index (κ3) is 4.48. The normalized spacial score (nSPS) is 20.0. The molecule has 1 fully saturated rings. The van der Waals surface area contributed by atoms with Gasteiger partial charge in [0.1, 0.15) is 0 Å². The van der Waals surface area contributed by atoms with E-state index in [2.05, 4.69) is 41.2 Å². The molecule has 20 heavy (non-hydrogen) atoms. The molecule has 112 valence electrons. The molecule has 1 saturated heterocycles. The summed E-state index contributed by atoms with van der Waals surface area (Å²) in [4.78, 5) is 7.19. The summed E-state index contributed by atoms with van der Waals surface area (Å²) in [6, 6.07) is 5.05. The number of anilines is 1. The molecule has 1 aromatic rings. The fourth-order valence-corrected chi connectivity index (χ4v) is 3.08. The molecule has 0 aromatic carbocycles. The highest BCUT2D eigenvalue weighted by atomic mass is 15.2. The van der Waals surface area contributed by atoms with Gasteiger partial charge in [0.15, 0.2) is 0 Å². The number of piperidine rings is 1. The van der Waals surface area contributed by atoms with E-state index in [9.17, 15) is 0 Å². The van der Waals surface area contributed by atoms with Crippen LogP contribution in [0.1, 0.15) is 58.1 Å². The molecule has 3 heteroatoms. The molecule has 1 aromatic heterocycles. The van der Waals surface area contributed by atoms with E-state index in [1.165, 1.54) is 50.0 Å². The standard InChI is InChI=1S/C17H29N3/c1-3-7-17-8-5-6-12-20(17)14-16-13-15(9-11-19-16)18-10-4-2/h9,11,13,17H,3-8,10,12,14H2,1-2H3,(H,18,19). The lowest BCUT2D eigenvalue weighted by Crippen LogP contribution is -2.39. The highest BCUT2D eigenvalue weighted by Gasteiger charge is 2.21. The summed E-state index contributed by atoms with van der Waals surface area (Å²) < 4.78 is 0. The zero-order valence-electron chi connectivity index (χ0n) is 13.1. The topological polar surface area (TPSA) is 28.2 Å². The maximum atomic E-state index is 4.55. The Morgan fingerprint density at radius 1 is 1.30 bits per heavy atom. The number of aromatic nitrogens is 1. The largest absolute Gasteiger partial charge is 0.385 e. The van der Waals surface area contributed by atoms with Gasteiger partial charge in [0.05, 0.1) is 5.69 Å². The van der Waals surface area contributed by atoms with Gasteiger partial charge < -0.3 is 5.32 Å². The first-order valence-electron chi connectivity index (χ1n) is 8.26. The summed E-state index contributed by atoms with van der Waals surface area (Å²) >= 11 is 0. The Kier molecular flexibility index (Phi) is 6.31. The fourth-order valence-electron chi connectivity index (χ4n) is 3.08. The summed E-state index contributed by atoms with van der Waals surface area (Å²) in [5, 5.41) is 3.45. The molecule has 0 saturated carbocycles. The van der Waals surface area contributed by atoms with E-state index in [0.29, 0.717) is 0 Å². The highest BCUT2D eigenvalue weighted by molar-refractivity contribution is 5.43. The number of rotatable bonds is 7. The van der Waals surface area contributed by atoms with E-state index < -0.39 is 0 Å². The van der Waals surface area contributed by atoms with Crippen molar-refractivity contribution in [2.45, 2.75) is 65.0 Å². The Bertz CT molecular complexity index is 390. The van der Waals surface area contributed by atoms with Gasteiger partial charge in [-0.2, -0.15) is 0 Å². The Labute approximate surface area is 123 Å². The van der Waals surface area contributed by atoms with Crippen LogP contribution in [-0.4, -0.2) is 29.0 Å². The van der Waals surface area contributed by atoms with Crippen LogP contribution in [0.2, 0.25) is 0 Å². The van der Waals surface area contributed by atoms with E-state index >= 15 is 0 Å². The maximum absolute atomic E-state index is 4.55. The van der Waals surface area contributed by atoms with Gasteiger partial charge in [0, 0.05) is 31.0 Å². The molecule has 1 N–H and O–H groups in total. The van der Waals surface area contributed by atoms with Gasteiger partial charge in [-0.1, -0.05) is 26.7 Å². The summed E-state index contributed by atoms with van der Waals surface area (Å²) in [7, 11) is 0. The van der Waals surface area contributed by atoms with Crippen LogP contribution in [0.15, 0.2) is 18.3 Å². The second-order valence-electron chi connectivity index (χ2n) is 5.87. The van der Waals surface area contributed by atoms with E-state index in [1.54, 1.807) is 0 Å². The molecule has 0 amide bonds. The minimum Gasteiger partial charge on any atom is -0.385 e. The van der Waals surface area contributed by atoms with Crippen molar-refractivity contribution in [1.82, 2.24) is 9.88 Å². The molecular formula is C17H29N3. The minimum absolute atomic E-state index is 0.766. The van der Waals surface area contributed by atoms with Crippen molar-refractivity contribution in [1.29, 1.82) is 0 Å². The molecule has 3 nitrogen and oxygen atoms in total. The number of nitrogens with zero attached hydrogens (tertiary/aromatic N) is 2. The molecule has 0 bridgehead atoms. The van der Waals surface area contributed by atoms with Gasteiger partial charge in [-0.3, -0.25) is 9.88 Å². The number of hydrogen-bond donors (Lipinski definition) is 1. The van der Waals surface area contributed by atoms with Crippen molar-refractivity contribution in [3.8, 4) is 0 Å². The van der Waals surface area contributed by atoms with E-state index in [1.807, 2.05) is 6.20 Å². The quantitative estimate of drug-likeness (QED) is 0.813. The van der Waals surface area contributed by atoms with Gasteiger partial charge in [0.25, 0.3) is 0 Å². The van der Waals surface area contributed by atoms with Crippen molar-refractivity contribution in [3.05, 3.63) is 24.0 Å². The molecule has 1 aliphatic rings. The van der Waals surface area contributed by atoms with Crippen LogP contribution in [0.3, 0.4) is 0 Å². The maximum Gasteiger partial charge on any atom is 0.0564 e. The number of likely N-dealkylation sites (tertiary alicyclic amines) is 1. The van der Waals surface area contributed by atoms with Crippen LogP contribution >= 0.6 is 0 Å². The Morgan fingerprint density at radius 2 is 2.20 bits per heavy atom. The first kappa shape index (κ1) is 15.3. The predicted molar refractivity (Wildman–Crippen MR) is 86.0 cm³/mol. The number of pyridine rings is 1. The third-order valence-corrected chi connectivity index (χ3v) is 4.13.